The Morgan fingerprint density at radius 1 is 1.10 bits per heavy atom. The van der Waals surface area contributed by atoms with E-state index in [-0.39, 0.29) is 5.82 Å². The standard InChI is InChI=1S/C16H18FN3/c17-10-7-5-9(6-8-10)13-15(19-20-16(13)18)14-11-3-1-2-4-12(11)14/h5-8,11-12,14H,1-4H2,(H3,18,19,20). The van der Waals surface area contributed by atoms with Gasteiger partial charge in [0.25, 0.3) is 0 Å². The fourth-order valence-corrected chi connectivity index (χ4v) is 3.95. The second-order valence-electron chi connectivity index (χ2n) is 6.04. The summed E-state index contributed by atoms with van der Waals surface area (Å²) in [5.41, 5.74) is 9.12. The summed E-state index contributed by atoms with van der Waals surface area (Å²) in [5.74, 6) is 2.46. The van der Waals surface area contributed by atoms with Crippen molar-refractivity contribution in [3.8, 4) is 11.1 Å². The molecule has 104 valence electrons. The molecule has 2 unspecified atom stereocenters. The first-order valence-corrected chi connectivity index (χ1v) is 7.35. The second kappa shape index (κ2) is 4.33. The van der Waals surface area contributed by atoms with Crippen molar-refractivity contribution in [3.63, 3.8) is 0 Å². The minimum absolute atomic E-state index is 0.225. The van der Waals surface area contributed by atoms with Crippen LogP contribution >= 0.6 is 0 Å². The highest BCUT2D eigenvalue weighted by Crippen LogP contribution is 2.62. The van der Waals surface area contributed by atoms with Crippen molar-refractivity contribution >= 4 is 5.82 Å². The summed E-state index contributed by atoms with van der Waals surface area (Å²) in [6, 6.07) is 6.52. The molecule has 2 atom stereocenters. The summed E-state index contributed by atoms with van der Waals surface area (Å²) in [6.45, 7) is 0. The largest absolute Gasteiger partial charge is 0.382 e. The van der Waals surface area contributed by atoms with Crippen molar-refractivity contribution in [1.82, 2.24) is 10.2 Å². The number of nitrogens with one attached hydrogen (secondary N) is 1. The van der Waals surface area contributed by atoms with Crippen LogP contribution in [0.4, 0.5) is 10.2 Å². The number of hydrogen-bond acceptors (Lipinski definition) is 2. The zero-order chi connectivity index (χ0) is 13.7. The molecule has 4 rings (SSSR count). The van der Waals surface area contributed by atoms with Crippen LogP contribution in [0.1, 0.15) is 37.3 Å². The minimum atomic E-state index is -0.225. The lowest BCUT2D eigenvalue weighted by Gasteiger charge is -2.04. The topological polar surface area (TPSA) is 54.7 Å². The molecule has 4 heteroatoms. The van der Waals surface area contributed by atoms with E-state index in [1.54, 1.807) is 12.1 Å². The van der Waals surface area contributed by atoms with Crippen molar-refractivity contribution in [2.45, 2.75) is 31.6 Å². The third-order valence-electron chi connectivity index (χ3n) is 4.95. The predicted octanol–water partition coefficient (Wildman–Crippen LogP) is 3.70. The lowest BCUT2D eigenvalue weighted by atomic mass is 10.0. The lowest BCUT2D eigenvalue weighted by molar-refractivity contribution is 0.480. The molecular weight excluding hydrogens is 253 g/mol. The molecule has 0 amide bonds. The molecule has 0 bridgehead atoms. The van der Waals surface area contributed by atoms with Gasteiger partial charge in [0.1, 0.15) is 5.82 Å². The zero-order valence-electron chi connectivity index (χ0n) is 11.3. The molecule has 2 aliphatic carbocycles. The number of nitrogens with zero attached hydrogens (tertiary/aromatic N) is 1. The molecule has 2 fully saturated rings. The van der Waals surface area contributed by atoms with Crippen LogP contribution in [0.5, 0.6) is 0 Å². The van der Waals surface area contributed by atoms with Crippen LogP contribution in [0, 0.1) is 17.7 Å². The summed E-state index contributed by atoms with van der Waals surface area (Å²) < 4.78 is 13.1. The molecule has 1 aromatic carbocycles. The number of nitrogen functional groups attached to an aromatic ring is 1. The Balaban J connectivity index is 1.73. The molecule has 2 aliphatic rings. The number of benzene rings is 1. The Bertz CT molecular complexity index is 620. The molecule has 0 aliphatic heterocycles. The van der Waals surface area contributed by atoms with Crippen molar-refractivity contribution in [2.24, 2.45) is 11.8 Å². The average molecular weight is 271 g/mol. The van der Waals surface area contributed by atoms with E-state index >= 15 is 0 Å². The highest BCUT2D eigenvalue weighted by Gasteiger charge is 2.53. The zero-order valence-corrected chi connectivity index (χ0v) is 11.3. The van der Waals surface area contributed by atoms with Gasteiger partial charge in [-0.25, -0.2) is 4.39 Å². The highest BCUT2D eigenvalue weighted by atomic mass is 19.1. The third kappa shape index (κ3) is 1.74. The summed E-state index contributed by atoms with van der Waals surface area (Å²) in [6.07, 6.45) is 5.31. The normalized spacial score (nSPS) is 28.1. The first-order valence-electron chi connectivity index (χ1n) is 7.35. The third-order valence-corrected chi connectivity index (χ3v) is 4.95. The van der Waals surface area contributed by atoms with Gasteiger partial charge in [0.05, 0.1) is 0 Å². The van der Waals surface area contributed by atoms with Crippen LogP contribution in [0.3, 0.4) is 0 Å². The Kier molecular flexibility index (Phi) is 2.59. The summed E-state index contributed by atoms with van der Waals surface area (Å²) in [4.78, 5) is 0. The van der Waals surface area contributed by atoms with E-state index in [9.17, 15) is 4.39 Å². The molecule has 0 spiro atoms. The van der Waals surface area contributed by atoms with E-state index in [1.165, 1.54) is 37.8 Å². The van der Waals surface area contributed by atoms with E-state index in [4.69, 9.17) is 5.73 Å². The average Bonchev–Trinajstić information content (AvgIpc) is 3.08. The smallest absolute Gasteiger partial charge is 0.153 e. The van der Waals surface area contributed by atoms with Gasteiger partial charge < -0.3 is 5.73 Å². The van der Waals surface area contributed by atoms with Crippen molar-refractivity contribution in [3.05, 3.63) is 35.8 Å². The number of hydrogen-bond donors (Lipinski definition) is 2. The number of H-pyrrole nitrogens is 1. The van der Waals surface area contributed by atoms with Crippen LogP contribution < -0.4 is 5.73 Å². The van der Waals surface area contributed by atoms with Crippen LogP contribution in [-0.4, -0.2) is 10.2 Å². The first-order chi connectivity index (χ1) is 9.75. The van der Waals surface area contributed by atoms with Crippen molar-refractivity contribution in [1.29, 1.82) is 0 Å². The molecule has 2 saturated carbocycles. The molecule has 0 radical (unpaired) electrons. The molecule has 3 nitrogen and oxygen atoms in total. The molecule has 2 aromatic rings. The lowest BCUT2D eigenvalue weighted by Crippen LogP contribution is -1.91. The number of halogens is 1. The Hall–Kier alpha value is -1.84. The van der Waals surface area contributed by atoms with Gasteiger partial charge >= 0.3 is 0 Å². The molecule has 3 N–H and O–H groups in total. The first kappa shape index (κ1) is 11.9. The SMILES string of the molecule is Nc1n[nH]c(C2C3CCCCC32)c1-c1ccc(F)cc1. The fourth-order valence-electron chi connectivity index (χ4n) is 3.95. The van der Waals surface area contributed by atoms with E-state index < -0.39 is 0 Å². The van der Waals surface area contributed by atoms with Crippen LogP contribution in [-0.2, 0) is 0 Å². The Morgan fingerprint density at radius 3 is 2.40 bits per heavy atom. The number of fused-ring (bicyclic) bond motifs is 1. The van der Waals surface area contributed by atoms with E-state index in [1.807, 2.05) is 0 Å². The number of nitrogens with two attached hydrogens (primary N) is 1. The molecule has 1 aromatic heterocycles. The minimum Gasteiger partial charge on any atom is -0.382 e. The summed E-state index contributed by atoms with van der Waals surface area (Å²) >= 11 is 0. The highest BCUT2D eigenvalue weighted by molar-refractivity contribution is 5.77. The Labute approximate surface area is 117 Å². The van der Waals surface area contributed by atoms with E-state index in [2.05, 4.69) is 10.2 Å². The number of aromatic nitrogens is 2. The van der Waals surface area contributed by atoms with E-state index in [0.717, 1.165) is 28.7 Å². The molecule has 1 heterocycles. The van der Waals surface area contributed by atoms with E-state index in [0.29, 0.717) is 11.7 Å². The maximum Gasteiger partial charge on any atom is 0.153 e. The van der Waals surface area contributed by atoms with Gasteiger partial charge in [-0.2, -0.15) is 5.10 Å². The van der Waals surface area contributed by atoms with Crippen LogP contribution in [0.2, 0.25) is 0 Å². The van der Waals surface area contributed by atoms with Crippen molar-refractivity contribution < 1.29 is 4.39 Å². The summed E-state index contributed by atoms with van der Waals surface area (Å²) in [7, 11) is 0. The maximum absolute atomic E-state index is 13.1. The van der Waals surface area contributed by atoms with Gasteiger partial charge in [0.15, 0.2) is 5.82 Å². The monoisotopic (exact) mass is 271 g/mol. The van der Waals surface area contributed by atoms with Crippen LogP contribution in [0.15, 0.2) is 24.3 Å². The summed E-state index contributed by atoms with van der Waals surface area (Å²) in [5, 5.41) is 7.33. The van der Waals surface area contributed by atoms with Gasteiger partial charge in [0, 0.05) is 17.2 Å². The molecular formula is C16H18FN3. The Morgan fingerprint density at radius 2 is 1.75 bits per heavy atom. The van der Waals surface area contributed by atoms with Gasteiger partial charge in [0.2, 0.25) is 0 Å². The molecule has 0 saturated heterocycles. The quantitative estimate of drug-likeness (QED) is 0.875. The van der Waals surface area contributed by atoms with Gasteiger partial charge in [-0.1, -0.05) is 25.0 Å². The van der Waals surface area contributed by atoms with Gasteiger partial charge in [-0.3, -0.25) is 5.10 Å². The van der Waals surface area contributed by atoms with Gasteiger partial charge in [-0.15, -0.1) is 0 Å². The number of anilines is 1. The van der Waals surface area contributed by atoms with Gasteiger partial charge in [-0.05, 0) is 42.4 Å². The predicted molar refractivity (Wildman–Crippen MR) is 76.6 cm³/mol. The number of aromatic amines is 1. The van der Waals surface area contributed by atoms with Crippen molar-refractivity contribution in [2.75, 3.05) is 5.73 Å². The second-order valence-corrected chi connectivity index (χ2v) is 6.04. The molecule has 20 heavy (non-hydrogen) atoms. The van der Waals surface area contributed by atoms with Crippen LogP contribution in [0.25, 0.3) is 11.1 Å². The maximum atomic E-state index is 13.1. The fraction of sp³-hybridized carbons (Fsp3) is 0.438. The number of rotatable bonds is 2.